The molecule has 1 aliphatic rings. The summed E-state index contributed by atoms with van der Waals surface area (Å²) in [6, 6.07) is 2.56. The zero-order valence-electron chi connectivity index (χ0n) is 17.2. The summed E-state index contributed by atoms with van der Waals surface area (Å²) in [5, 5.41) is 14.3. The van der Waals surface area contributed by atoms with Crippen LogP contribution in [0.3, 0.4) is 0 Å². The number of alkyl halides is 3. The summed E-state index contributed by atoms with van der Waals surface area (Å²) in [4.78, 5) is 31.1. The summed E-state index contributed by atoms with van der Waals surface area (Å²) >= 11 is 1.56. The highest BCUT2D eigenvalue weighted by atomic mass is 32.1. The highest BCUT2D eigenvalue weighted by Crippen LogP contribution is 2.37. The SMILES string of the molecule is CCc1nc(CN(C)C(=O)C2CCN(c3ccc(C(F)(F)F)cc3[N+](=O)[O-])CC2)cs1. The summed E-state index contributed by atoms with van der Waals surface area (Å²) in [5.41, 5.74) is -0.641. The van der Waals surface area contributed by atoms with Crippen LogP contribution in [0.5, 0.6) is 0 Å². The van der Waals surface area contributed by atoms with Crippen LogP contribution in [0.2, 0.25) is 0 Å². The molecule has 7 nitrogen and oxygen atoms in total. The molecule has 1 amide bonds. The lowest BCUT2D eigenvalue weighted by atomic mass is 9.94. The number of amides is 1. The minimum atomic E-state index is -4.65. The topological polar surface area (TPSA) is 79.6 Å². The lowest BCUT2D eigenvalue weighted by molar-refractivity contribution is -0.384. The summed E-state index contributed by atoms with van der Waals surface area (Å²) < 4.78 is 38.7. The van der Waals surface area contributed by atoms with Gasteiger partial charge in [-0.2, -0.15) is 13.2 Å². The van der Waals surface area contributed by atoms with E-state index in [-0.39, 0.29) is 17.5 Å². The van der Waals surface area contributed by atoms with Crippen LogP contribution in [0.15, 0.2) is 23.6 Å². The number of thiazole rings is 1. The van der Waals surface area contributed by atoms with Gasteiger partial charge in [0.2, 0.25) is 5.91 Å². The predicted octanol–water partition coefficient (Wildman–Crippen LogP) is 4.51. The molecule has 31 heavy (non-hydrogen) atoms. The van der Waals surface area contributed by atoms with Crippen LogP contribution >= 0.6 is 11.3 Å². The second kappa shape index (κ2) is 9.21. The number of piperidine rings is 1. The number of aryl methyl sites for hydroxylation is 1. The molecular weight excluding hydrogens is 433 g/mol. The molecule has 0 unspecified atom stereocenters. The quantitative estimate of drug-likeness (QED) is 0.472. The summed E-state index contributed by atoms with van der Waals surface area (Å²) in [6.07, 6.45) is -2.86. The fourth-order valence-corrected chi connectivity index (χ4v) is 4.43. The van der Waals surface area contributed by atoms with Gasteiger partial charge in [0, 0.05) is 37.5 Å². The molecule has 0 bridgehead atoms. The lowest BCUT2D eigenvalue weighted by Crippen LogP contribution is -2.41. The maximum atomic E-state index is 12.9. The third kappa shape index (κ3) is 5.33. The van der Waals surface area contributed by atoms with E-state index >= 15 is 0 Å². The van der Waals surface area contributed by atoms with Crippen molar-refractivity contribution in [3.8, 4) is 0 Å². The molecule has 0 radical (unpaired) electrons. The van der Waals surface area contributed by atoms with Crippen LogP contribution in [-0.4, -0.2) is 40.9 Å². The Morgan fingerprint density at radius 2 is 2.03 bits per heavy atom. The van der Waals surface area contributed by atoms with Crippen LogP contribution < -0.4 is 4.90 Å². The Morgan fingerprint density at radius 3 is 2.58 bits per heavy atom. The summed E-state index contributed by atoms with van der Waals surface area (Å²) in [6.45, 7) is 3.15. The number of benzene rings is 1. The molecule has 0 N–H and O–H groups in total. The van der Waals surface area contributed by atoms with Gasteiger partial charge in [0.05, 0.1) is 27.7 Å². The first-order chi connectivity index (χ1) is 14.6. The van der Waals surface area contributed by atoms with E-state index < -0.39 is 22.4 Å². The van der Waals surface area contributed by atoms with E-state index in [4.69, 9.17) is 0 Å². The average molecular weight is 456 g/mol. The molecule has 0 saturated carbocycles. The van der Waals surface area contributed by atoms with Gasteiger partial charge < -0.3 is 9.80 Å². The van der Waals surface area contributed by atoms with Gasteiger partial charge in [-0.05, 0) is 31.4 Å². The Kier molecular flexibility index (Phi) is 6.83. The molecule has 168 valence electrons. The number of carbonyl (C=O) groups is 1. The minimum Gasteiger partial charge on any atom is -0.366 e. The van der Waals surface area contributed by atoms with Gasteiger partial charge in [-0.3, -0.25) is 14.9 Å². The van der Waals surface area contributed by atoms with Gasteiger partial charge in [-0.1, -0.05) is 6.92 Å². The van der Waals surface area contributed by atoms with Crippen molar-refractivity contribution >= 4 is 28.6 Å². The summed E-state index contributed by atoms with van der Waals surface area (Å²) in [5.74, 6) is -0.258. The van der Waals surface area contributed by atoms with Crippen molar-refractivity contribution in [1.29, 1.82) is 0 Å². The first-order valence-electron chi connectivity index (χ1n) is 9.89. The van der Waals surface area contributed by atoms with Gasteiger partial charge in [0.25, 0.3) is 5.69 Å². The van der Waals surface area contributed by atoms with Crippen LogP contribution in [0.1, 0.15) is 36.0 Å². The number of anilines is 1. The molecule has 2 aromatic rings. The molecule has 11 heteroatoms. The third-order valence-electron chi connectivity index (χ3n) is 5.36. The van der Waals surface area contributed by atoms with E-state index in [0.29, 0.717) is 38.5 Å². The molecule has 0 spiro atoms. The Labute approximate surface area is 181 Å². The van der Waals surface area contributed by atoms with Crippen molar-refractivity contribution in [2.75, 3.05) is 25.0 Å². The zero-order valence-corrected chi connectivity index (χ0v) is 18.0. The van der Waals surface area contributed by atoms with Gasteiger partial charge >= 0.3 is 6.18 Å². The number of hydrogen-bond donors (Lipinski definition) is 0. The lowest BCUT2D eigenvalue weighted by Gasteiger charge is -2.34. The number of nitrogens with zero attached hydrogens (tertiary/aromatic N) is 4. The van der Waals surface area contributed by atoms with Crippen molar-refractivity contribution < 1.29 is 22.9 Å². The molecule has 1 aromatic heterocycles. The Hall–Kier alpha value is -2.69. The van der Waals surface area contributed by atoms with E-state index in [1.165, 1.54) is 0 Å². The van der Waals surface area contributed by atoms with E-state index in [1.54, 1.807) is 28.2 Å². The molecule has 1 fully saturated rings. The van der Waals surface area contributed by atoms with Crippen molar-refractivity contribution in [2.45, 2.75) is 38.9 Å². The Balaban J connectivity index is 1.64. The predicted molar refractivity (Wildman–Crippen MR) is 111 cm³/mol. The molecule has 1 aromatic carbocycles. The van der Waals surface area contributed by atoms with E-state index in [0.717, 1.165) is 29.3 Å². The van der Waals surface area contributed by atoms with Crippen LogP contribution in [0.25, 0.3) is 0 Å². The second-order valence-corrected chi connectivity index (χ2v) is 8.44. The van der Waals surface area contributed by atoms with Crippen molar-refractivity contribution in [1.82, 2.24) is 9.88 Å². The number of carbonyl (C=O) groups excluding carboxylic acids is 1. The molecule has 1 saturated heterocycles. The zero-order chi connectivity index (χ0) is 22.8. The molecular formula is C20H23F3N4O3S. The average Bonchev–Trinajstić information content (AvgIpc) is 3.19. The van der Waals surface area contributed by atoms with Crippen molar-refractivity contribution in [2.24, 2.45) is 5.92 Å². The van der Waals surface area contributed by atoms with Crippen LogP contribution in [0, 0.1) is 16.0 Å². The number of hydrogen-bond acceptors (Lipinski definition) is 6. The van der Waals surface area contributed by atoms with Crippen LogP contribution in [-0.2, 0) is 23.9 Å². The van der Waals surface area contributed by atoms with E-state index in [1.807, 2.05) is 12.3 Å². The maximum absolute atomic E-state index is 12.9. The second-order valence-electron chi connectivity index (χ2n) is 7.50. The maximum Gasteiger partial charge on any atom is 0.416 e. The van der Waals surface area contributed by atoms with Gasteiger partial charge in [0.15, 0.2) is 0 Å². The van der Waals surface area contributed by atoms with Gasteiger partial charge in [-0.25, -0.2) is 4.98 Å². The smallest absolute Gasteiger partial charge is 0.366 e. The minimum absolute atomic E-state index is 0.0207. The third-order valence-corrected chi connectivity index (χ3v) is 6.40. The highest BCUT2D eigenvalue weighted by molar-refractivity contribution is 7.09. The Morgan fingerprint density at radius 1 is 1.35 bits per heavy atom. The van der Waals surface area contributed by atoms with Crippen molar-refractivity contribution in [3.05, 3.63) is 50.0 Å². The fourth-order valence-electron chi connectivity index (χ4n) is 3.70. The number of halogens is 3. The van der Waals surface area contributed by atoms with Gasteiger partial charge in [0.1, 0.15) is 5.69 Å². The van der Waals surface area contributed by atoms with Gasteiger partial charge in [-0.15, -0.1) is 11.3 Å². The molecule has 0 atom stereocenters. The fraction of sp³-hybridized carbons (Fsp3) is 0.500. The molecule has 0 aliphatic carbocycles. The van der Waals surface area contributed by atoms with E-state index in [9.17, 15) is 28.1 Å². The highest BCUT2D eigenvalue weighted by Gasteiger charge is 2.35. The standard InChI is InChI=1S/C20H23F3N4O3S/c1-3-18-24-15(12-31-18)11-25(2)19(28)13-6-8-26(9-7-13)16-5-4-14(20(21,22)23)10-17(16)27(29)30/h4-5,10,12-13H,3,6-9,11H2,1-2H3. The molecule has 1 aliphatic heterocycles. The van der Waals surface area contributed by atoms with E-state index in [2.05, 4.69) is 4.98 Å². The number of nitro groups is 1. The first-order valence-corrected chi connectivity index (χ1v) is 10.8. The largest absolute Gasteiger partial charge is 0.416 e. The first kappa shape index (κ1) is 23.0. The van der Waals surface area contributed by atoms with Crippen molar-refractivity contribution in [3.63, 3.8) is 0 Å². The van der Waals surface area contributed by atoms with Crippen LogP contribution in [0.4, 0.5) is 24.5 Å². The number of rotatable bonds is 6. The monoisotopic (exact) mass is 456 g/mol. The molecule has 2 heterocycles. The normalized spacial score (nSPS) is 15.2. The number of nitro benzene ring substituents is 1. The summed E-state index contributed by atoms with van der Waals surface area (Å²) in [7, 11) is 1.72. The number of aromatic nitrogens is 1. The molecule has 3 rings (SSSR count). The Bertz CT molecular complexity index is 955.